The number of nitriles is 1. The number of aromatic nitrogens is 2. The molecule has 0 unspecified atom stereocenters. The molecule has 0 spiro atoms. The molecule has 2 rings (SSSR count). The minimum absolute atomic E-state index is 0.403. The van der Waals surface area contributed by atoms with E-state index in [4.69, 9.17) is 11.0 Å². The van der Waals surface area contributed by atoms with Gasteiger partial charge in [-0.3, -0.25) is 9.36 Å². The number of imidazole rings is 1. The molecule has 144 valence electrons. The second-order valence-electron chi connectivity index (χ2n) is 7.52. The fraction of sp³-hybridized carbons (Fsp3) is 0.474. The summed E-state index contributed by atoms with van der Waals surface area (Å²) >= 11 is 0. The fourth-order valence-electron chi connectivity index (χ4n) is 3.00. The van der Waals surface area contributed by atoms with E-state index < -0.39 is 29.1 Å². The first-order valence-electron chi connectivity index (χ1n) is 8.86. The van der Waals surface area contributed by atoms with Crippen LogP contribution in [0, 0.1) is 16.7 Å². The van der Waals surface area contributed by atoms with Crippen molar-refractivity contribution < 1.29 is 9.59 Å². The van der Waals surface area contributed by atoms with Crippen LogP contribution in [0.2, 0.25) is 0 Å². The minimum Gasteiger partial charge on any atom is -0.368 e. The highest BCUT2D eigenvalue weighted by atomic mass is 16.2. The van der Waals surface area contributed by atoms with Crippen LogP contribution in [0.5, 0.6) is 0 Å². The van der Waals surface area contributed by atoms with Gasteiger partial charge in [0, 0.05) is 13.0 Å². The number of unbranched alkanes of at least 4 members (excludes halogenated alkanes) is 2. The number of hydrogen-bond acceptors (Lipinski definition) is 4. The second-order valence-corrected chi connectivity index (χ2v) is 7.52. The summed E-state index contributed by atoms with van der Waals surface area (Å²) in [6.07, 6.45) is 1.73. The average molecular weight is 371 g/mol. The number of amides is 2. The predicted molar refractivity (Wildman–Crippen MR) is 102 cm³/mol. The number of carbonyl (C=O) groups excluding carboxylic acids is 2. The molecule has 0 saturated carbocycles. The standard InChI is InChI=1S/C19H25N5O3/c1-19(2,3)15(16(21)25)22-17(26)24-14-10-6-5-9-13(14)23(18(24)27)12-8-4-7-11-20/h5-6,9-10,15H,4,7-8,12H2,1-3H3,(H2,21,25)(H,22,26)/t15-/m1/s1. The minimum atomic E-state index is -0.922. The molecule has 3 N–H and O–H groups in total. The van der Waals surface area contributed by atoms with E-state index in [0.29, 0.717) is 36.8 Å². The number of aryl methyl sites for hydroxylation is 1. The van der Waals surface area contributed by atoms with Gasteiger partial charge >= 0.3 is 11.7 Å². The van der Waals surface area contributed by atoms with Gasteiger partial charge in [0.15, 0.2) is 0 Å². The van der Waals surface area contributed by atoms with Crippen molar-refractivity contribution in [3.63, 3.8) is 0 Å². The van der Waals surface area contributed by atoms with Crippen LogP contribution in [0.1, 0.15) is 40.0 Å². The van der Waals surface area contributed by atoms with Gasteiger partial charge in [-0.1, -0.05) is 32.9 Å². The van der Waals surface area contributed by atoms with E-state index in [2.05, 4.69) is 11.4 Å². The summed E-state index contributed by atoms with van der Waals surface area (Å²) in [5.74, 6) is -0.663. The van der Waals surface area contributed by atoms with Crippen LogP contribution in [-0.4, -0.2) is 27.1 Å². The third-order valence-corrected chi connectivity index (χ3v) is 4.38. The number of fused-ring (bicyclic) bond motifs is 1. The first-order chi connectivity index (χ1) is 12.7. The number of nitrogens with one attached hydrogen (secondary N) is 1. The third-order valence-electron chi connectivity index (χ3n) is 4.38. The smallest absolute Gasteiger partial charge is 0.337 e. The van der Waals surface area contributed by atoms with Crippen LogP contribution in [-0.2, 0) is 11.3 Å². The number of carbonyl (C=O) groups is 2. The Bertz CT molecular complexity index is 943. The highest BCUT2D eigenvalue weighted by Crippen LogP contribution is 2.20. The van der Waals surface area contributed by atoms with Crippen molar-refractivity contribution in [1.82, 2.24) is 14.5 Å². The number of rotatable bonds is 6. The zero-order valence-corrected chi connectivity index (χ0v) is 15.9. The summed E-state index contributed by atoms with van der Waals surface area (Å²) in [5, 5.41) is 11.2. The number of nitrogens with zero attached hydrogens (tertiary/aromatic N) is 3. The summed E-state index contributed by atoms with van der Waals surface area (Å²) in [5.41, 5.74) is 5.43. The van der Waals surface area contributed by atoms with Gasteiger partial charge in [0.2, 0.25) is 5.91 Å². The molecule has 0 aliphatic heterocycles. The fourth-order valence-corrected chi connectivity index (χ4v) is 3.00. The molecule has 0 radical (unpaired) electrons. The lowest BCUT2D eigenvalue weighted by molar-refractivity contribution is -0.122. The zero-order chi connectivity index (χ0) is 20.2. The molecule has 8 heteroatoms. The Kier molecular flexibility index (Phi) is 6.05. The molecular weight excluding hydrogens is 346 g/mol. The average Bonchev–Trinajstić information content (AvgIpc) is 2.87. The van der Waals surface area contributed by atoms with Gasteiger partial charge in [-0.05, 0) is 30.4 Å². The summed E-state index contributed by atoms with van der Waals surface area (Å²) in [6, 6.07) is 7.43. The van der Waals surface area contributed by atoms with E-state index in [9.17, 15) is 14.4 Å². The monoisotopic (exact) mass is 371 g/mol. The highest BCUT2D eigenvalue weighted by Gasteiger charge is 2.32. The van der Waals surface area contributed by atoms with E-state index in [0.717, 1.165) is 4.57 Å². The molecule has 2 aromatic rings. The lowest BCUT2D eigenvalue weighted by Gasteiger charge is -2.28. The van der Waals surface area contributed by atoms with E-state index in [1.165, 1.54) is 4.57 Å². The number of benzene rings is 1. The lowest BCUT2D eigenvalue weighted by Crippen LogP contribution is -2.54. The lowest BCUT2D eigenvalue weighted by atomic mass is 9.86. The van der Waals surface area contributed by atoms with Crippen molar-refractivity contribution in [3.8, 4) is 6.07 Å². The van der Waals surface area contributed by atoms with Gasteiger partial charge in [-0.25, -0.2) is 14.2 Å². The van der Waals surface area contributed by atoms with Gasteiger partial charge in [0.05, 0.1) is 17.1 Å². The maximum atomic E-state index is 12.9. The zero-order valence-electron chi connectivity index (χ0n) is 15.9. The van der Waals surface area contributed by atoms with Crippen LogP contribution < -0.4 is 16.7 Å². The van der Waals surface area contributed by atoms with Crippen LogP contribution >= 0.6 is 0 Å². The van der Waals surface area contributed by atoms with Crippen LogP contribution in [0.3, 0.4) is 0 Å². The van der Waals surface area contributed by atoms with Gasteiger partial charge in [0.25, 0.3) is 0 Å². The Morgan fingerprint density at radius 1 is 1.22 bits per heavy atom. The van der Waals surface area contributed by atoms with Gasteiger partial charge in [-0.2, -0.15) is 5.26 Å². The van der Waals surface area contributed by atoms with Crippen LogP contribution in [0.4, 0.5) is 4.79 Å². The van der Waals surface area contributed by atoms with Crippen molar-refractivity contribution in [2.75, 3.05) is 0 Å². The summed E-state index contributed by atoms with van der Waals surface area (Å²) in [7, 11) is 0. The molecule has 0 fully saturated rings. The highest BCUT2D eigenvalue weighted by molar-refractivity contribution is 5.92. The number of hydrogen-bond donors (Lipinski definition) is 2. The molecule has 1 aromatic heterocycles. The van der Waals surface area contributed by atoms with E-state index in [1.807, 2.05) is 0 Å². The topological polar surface area (TPSA) is 123 Å². The van der Waals surface area contributed by atoms with Crippen molar-refractivity contribution in [2.24, 2.45) is 11.1 Å². The van der Waals surface area contributed by atoms with Crippen LogP contribution in [0.15, 0.2) is 29.1 Å². The van der Waals surface area contributed by atoms with Crippen molar-refractivity contribution in [1.29, 1.82) is 5.26 Å². The Morgan fingerprint density at radius 3 is 2.41 bits per heavy atom. The Morgan fingerprint density at radius 2 is 1.85 bits per heavy atom. The predicted octanol–water partition coefficient (Wildman–Crippen LogP) is 1.95. The largest absolute Gasteiger partial charge is 0.368 e. The molecule has 0 aliphatic rings. The Balaban J connectivity index is 2.42. The van der Waals surface area contributed by atoms with Crippen molar-refractivity contribution in [2.45, 2.75) is 52.6 Å². The number of para-hydroxylation sites is 2. The Hall–Kier alpha value is -3.08. The molecular formula is C19H25N5O3. The first-order valence-corrected chi connectivity index (χ1v) is 8.86. The maximum Gasteiger partial charge on any atom is 0.337 e. The number of primary amides is 1. The van der Waals surface area contributed by atoms with Gasteiger partial charge < -0.3 is 11.1 Å². The van der Waals surface area contributed by atoms with Crippen LogP contribution in [0.25, 0.3) is 11.0 Å². The van der Waals surface area contributed by atoms with Crippen molar-refractivity contribution >= 4 is 23.0 Å². The molecule has 1 heterocycles. The summed E-state index contributed by atoms with van der Waals surface area (Å²) in [6.45, 7) is 5.75. The molecule has 0 bridgehead atoms. The SMILES string of the molecule is CC(C)(C)[C@H](NC(=O)n1c(=O)n(CCCCC#N)c2ccccc21)C(N)=O. The second kappa shape index (κ2) is 8.08. The molecule has 0 aliphatic carbocycles. The summed E-state index contributed by atoms with van der Waals surface area (Å²) < 4.78 is 2.55. The van der Waals surface area contributed by atoms with E-state index in [-0.39, 0.29) is 0 Å². The molecule has 8 nitrogen and oxygen atoms in total. The molecule has 2 amide bonds. The van der Waals surface area contributed by atoms with Gasteiger partial charge in [0.1, 0.15) is 6.04 Å². The third kappa shape index (κ3) is 4.37. The molecule has 1 atom stereocenters. The molecule has 1 aromatic carbocycles. The van der Waals surface area contributed by atoms with E-state index in [1.54, 1.807) is 45.0 Å². The molecule has 0 saturated heterocycles. The van der Waals surface area contributed by atoms with Gasteiger partial charge in [-0.15, -0.1) is 0 Å². The van der Waals surface area contributed by atoms with E-state index >= 15 is 0 Å². The molecule has 27 heavy (non-hydrogen) atoms. The summed E-state index contributed by atoms with van der Waals surface area (Å²) in [4.78, 5) is 37.5. The normalized spacial score (nSPS) is 12.5. The Labute approximate surface area is 157 Å². The first kappa shape index (κ1) is 20.2. The maximum absolute atomic E-state index is 12.9. The van der Waals surface area contributed by atoms with Crippen molar-refractivity contribution in [3.05, 3.63) is 34.7 Å². The quantitative estimate of drug-likeness (QED) is 0.753. The number of nitrogens with two attached hydrogens (primary N) is 1.